The van der Waals surface area contributed by atoms with Gasteiger partial charge in [0.25, 0.3) is 0 Å². The molecule has 2 rings (SSSR count). The molecule has 6 nitrogen and oxygen atoms in total. The molecule has 0 atom stereocenters. The van der Waals surface area contributed by atoms with E-state index >= 15 is 0 Å². The van der Waals surface area contributed by atoms with Gasteiger partial charge in [0.2, 0.25) is 15.9 Å². The molecular weight excluding hydrogens is 358 g/mol. The van der Waals surface area contributed by atoms with Gasteiger partial charge in [0, 0.05) is 11.4 Å². The number of nitrogens with zero attached hydrogens (tertiary/aromatic N) is 2. The van der Waals surface area contributed by atoms with Crippen molar-refractivity contribution in [3.63, 3.8) is 0 Å². The van der Waals surface area contributed by atoms with Gasteiger partial charge in [-0.15, -0.1) is 11.3 Å². The maximum atomic E-state index is 12.5. The average Bonchev–Trinajstić information content (AvgIpc) is 3.11. The van der Waals surface area contributed by atoms with Crippen molar-refractivity contribution in [2.45, 2.75) is 19.2 Å². The summed E-state index contributed by atoms with van der Waals surface area (Å²) in [5, 5.41) is 13.4. The minimum absolute atomic E-state index is 0.204. The van der Waals surface area contributed by atoms with Crippen molar-refractivity contribution < 1.29 is 13.2 Å². The summed E-state index contributed by atoms with van der Waals surface area (Å²) >= 11 is 1.53. The van der Waals surface area contributed by atoms with Gasteiger partial charge in [-0.2, -0.15) is 9.57 Å². The summed E-state index contributed by atoms with van der Waals surface area (Å²) in [6.45, 7) is 2.10. The first-order chi connectivity index (χ1) is 11.9. The molecule has 0 saturated heterocycles. The van der Waals surface area contributed by atoms with Crippen molar-refractivity contribution in [3.05, 3.63) is 57.8 Å². The third-order valence-electron chi connectivity index (χ3n) is 3.54. The first kappa shape index (κ1) is 19.1. The van der Waals surface area contributed by atoms with E-state index in [2.05, 4.69) is 5.32 Å². The van der Waals surface area contributed by atoms with Crippen LogP contribution in [0.3, 0.4) is 0 Å². The number of hydrogen-bond acceptors (Lipinski definition) is 5. The Labute approximate surface area is 151 Å². The van der Waals surface area contributed by atoms with Crippen LogP contribution in [-0.4, -0.2) is 31.7 Å². The maximum Gasteiger partial charge on any atom is 0.235 e. The number of rotatable bonds is 8. The van der Waals surface area contributed by atoms with Gasteiger partial charge in [0.15, 0.2) is 0 Å². The van der Waals surface area contributed by atoms with Crippen LogP contribution >= 0.6 is 11.3 Å². The number of carbonyl (C=O) groups is 1. The highest BCUT2D eigenvalue weighted by Crippen LogP contribution is 2.12. The van der Waals surface area contributed by atoms with Crippen LogP contribution in [0.1, 0.15) is 22.9 Å². The molecule has 1 N–H and O–H groups in total. The maximum absolute atomic E-state index is 12.5. The molecule has 1 heterocycles. The molecule has 25 heavy (non-hydrogen) atoms. The van der Waals surface area contributed by atoms with Gasteiger partial charge >= 0.3 is 0 Å². The highest BCUT2D eigenvalue weighted by atomic mass is 32.2. The summed E-state index contributed by atoms with van der Waals surface area (Å²) in [5.74, 6) is -0.538. The fourth-order valence-corrected chi connectivity index (χ4v) is 4.35. The lowest BCUT2D eigenvalue weighted by molar-refractivity contribution is -0.121. The average molecular weight is 377 g/mol. The van der Waals surface area contributed by atoms with Crippen molar-refractivity contribution in [3.8, 4) is 6.07 Å². The van der Waals surface area contributed by atoms with Crippen molar-refractivity contribution in [2.75, 3.05) is 13.1 Å². The van der Waals surface area contributed by atoms with Crippen LogP contribution in [0.4, 0.5) is 0 Å². The Morgan fingerprint density at radius 3 is 2.56 bits per heavy atom. The van der Waals surface area contributed by atoms with Gasteiger partial charge in [-0.05, 0) is 29.1 Å². The minimum atomic E-state index is -3.62. The molecule has 0 aliphatic rings. The molecule has 0 fully saturated rings. The van der Waals surface area contributed by atoms with Crippen LogP contribution in [0.5, 0.6) is 0 Å². The molecule has 1 aromatic heterocycles. The number of hydrogen-bond donors (Lipinski definition) is 1. The lowest BCUT2D eigenvalue weighted by Gasteiger charge is -2.20. The summed E-state index contributed by atoms with van der Waals surface area (Å²) in [6.07, 6.45) is 0. The number of amides is 1. The zero-order valence-electron chi connectivity index (χ0n) is 13.8. The Bertz CT molecular complexity index is 838. The molecule has 2 aromatic rings. The molecule has 0 radical (unpaired) electrons. The lowest BCUT2D eigenvalue weighted by atomic mass is 10.2. The van der Waals surface area contributed by atoms with Gasteiger partial charge in [-0.1, -0.05) is 25.1 Å². The molecule has 1 aromatic carbocycles. The van der Waals surface area contributed by atoms with Crippen molar-refractivity contribution in [1.82, 2.24) is 9.62 Å². The van der Waals surface area contributed by atoms with E-state index in [4.69, 9.17) is 5.26 Å². The highest BCUT2D eigenvalue weighted by molar-refractivity contribution is 7.88. The fourth-order valence-electron chi connectivity index (χ4n) is 2.20. The highest BCUT2D eigenvalue weighted by Gasteiger charge is 2.23. The summed E-state index contributed by atoms with van der Waals surface area (Å²) in [7, 11) is -3.62. The Morgan fingerprint density at radius 1 is 1.28 bits per heavy atom. The van der Waals surface area contributed by atoms with E-state index in [9.17, 15) is 13.2 Å². The third-order valence-corrected chi connectivity index (χ3v) is 6.29. The molecule has 0 aliphatic carbocycles. The minimum Gasteiger partial charge on any atom is -0.350 e. The summed E-state index contributed by atoms with van der Waals surface area (Å²) in [4.78, 5) is 13.1. The van der Waals surface area contributed by atoms with Gasteiger partial charge in [-0.25, -0.2) is 8.42 Å². The molecule has 0 saturated carbocycles. The molecule has 0 aliphatic heterocycles. The van der Waals surface area contributed by atoms with E-state index in [1.807, 2.05) is 23.6 Å². The van der Waals surface area contributed by atoms with E-state index in [1.54, 1.807) is 31.2 Å². The normalized spacial score (nSPS) is 11.2. The van der Waals surface area contributed by atoms with Crippen LogP contribution < -0.4 is 5.32 Å². The Kier molecular flexibility index (Phi) is 6.70. The molecule has 0 bridgehead atoms. The predicted octanol–water partition coefficient (Wildman–Crippen LogP) is 2.09. The second-order valence-corrected chi connectivity index (χ2v) is 8.35. The molecule has 1 amide bonds. The Hall–Kier alpha value is -2.21. The Balaban J connectivity index is 1.96. The van der Waals surface area contributed by atoms with E-state index in [-0.39, 0.29) is 24.7 Å². The van der Waals surface area contributed by atoms with Gasteiger partial charge in [0.05, 0.1) is 30.5 Å². The smallest absolute Gasteiger partial charge is 0.235 e. The van der Waals surface area contributed by atoms with E-state index < -0.39 is 10.0 Å². The molecule has 0 unspecified atom stereocenters. The number of nitrogens with one attached hydrogen (secondary N) is 1. The number of likely N-dealkylation sites (N-methyl/N-ethyl adjacent to an activating group) is 1. The standard InChI is InChI=1S/C17H19N3O3S2/c1-2-20(12-17(21)19-11-16-4-3-9-24-16)25(22,23)13-15-7-5-14(10-18)6-8-15/h3-9H,2,11-13H2,1H3,(H,19,21). The van der Waals surface area contributed by atoms with Crippen LogP contribution in [0.2, 0.25) is 0 Å². The topological polar surface area (TPSA) is 90.3 Å². The van der Waals surface area contributed by atoms with Crippen LogP contribution in [0, 0.1) is 11.3 Å². The fraction of sp³-hybridized carbons (Fsp3) is 0.294. The quantitative estimate of drug-likeness (QED) is 0.763. The predicted molar refractivity (Wildman–Crippen MR) is 97.2 cm³/mol. The molecule has 132 valence electrons. The molecule has 8 heteroatoms. The van der Waals surface area contributed by atoms with Crippen molar-refractivity contribution >= 4 is 27.3 Å². The van der Waals surface area contributed by atoms with Crippen molar-refractivity contribution in [1.29, 1.82) is 5.26 Å². The van der Waals surface area contributed by atoms with E-state index in [0.717, 1.165) is 9.18 Å². The summed E-state index contributed by atoms with van der Waals surface area (Å²) in [6, 6.07) is 12.2. The zero-order valence-corrected chi connectivity index (χ0v) is 15.4. The van der Waals surface area contributed by atoms with E-state index in [0.29, 0.717) is 17.7 Å². The number of carbonyl (C=O) groups excluding carboxylic acids is 1. The van der Waals surface area contributed by atoms with Crippen LogP contribution in [0.25, 0.3) is 0 Å². The number of nitriles is 1. The van der Waals surface area contributed by atoms with E-state index in [1.165, 1.54) is 11.3 Å². The Morgan fingerprint density at radius 2 is 2.00 bits per heavy atom. The molecular formula is C17H19N3O3S2. The first-order valence-electron chi connectivity index (χ1n) is 7.70. The SMILES string of the molecule is CCN(CC(=O)NCc1cccs1)S(=O)(=O)Cc1ccc(C#N)cc1. The molecule has 0 spiro atoms. The second kappa shape index (κ2) is 8.76. The van der Waals surface area contributed by atoms with Gasteiger partial charge in [-0.3, -0.25) is 4.79 Å². The number of sulfonamides is 1. The van der Waals surface area contributed by atoms with Gasteiger partial charge in [0.1, 0.15) is 0 Å². The number of benzene rings is 1. The van der Waals surface area contributed by atoms with Crippen LogP contribution in [-0.2, 0) is 27.1 Å². The van der Waals surface area contributed by atoms with Crippen LogP contribution in [0.15, 0.2) is 41.8 Å². The largest absolute Gasteiger partial charge is 0.350 e. The monoisotopic (exact) mass is 377 g/mol. The summed E-state index contributed by atoms with van der Waals surface area (Å²) in [5.41, 5.74) is 1.05. The first-order valence-corrected chi connectivity index (χ1v) is 10.2. The second-order valence-electron chi connectivity index (χ2n) is 5.35. The summed E-state index contributed by atoms with van der Waals surface area (Å²) < 4.78 is 26.2. The zero-order chi connectivity index (χ0) is 18.3. The lowest BCUT2D eigenvalue weighted by Crippen LogP contribution is -2.40. The van der Waals surface area contributed by atoms with Gasteiger partial charge < -0.3 is 5.32 Å². The number of thiophene rings is 1. The third kappa shape index (κ3) is 5.67. The van der Waals surface area contributed by atoms with Crippen molar-refractivity contribution in [2.24, 2.45) is 0 Å².